The molecule has 0 atom stereocenters. The van der Waals surface area contributed by atoms with E-state index in [1.807, 2.05) is 0 Å². The van der Waals surface area contributed by atoms with Crippen LogP contribution in [0.2, 0.25) is 0 Å². The van der Waals surface area contributed by atoms with E-state index in [2.05, 4.69) is 4.74 Å². The van der Waals surface area contributed by atoms with Crippen molar-refractivity contribution >= 4 is 17.9 Å². The fraction of sp³-hybridized carbons (Fsp3) is 0.200. The molecule has 0 unspecified atom stereocenters. The van der Waals surface area contributed by atoms with Gasteiger partial charge in [0.1, 0.15) is 11.3 Å². The summed E-state index contributed by atoms with van der Waals surface area (Å²) in [6.45, 7) is 0. The molecule has 0 aliphatic rings. The molecular formula is C10H9NO6. The second kappa shape index (κ2) is 5.06. The van der Waals surface area contributed by atoms with Crippen molar-refractivity contribution in [3.8, 4) is 5.75 Å². The molecule has 17 heavy (non-hydrogen) atoms. The van der Waals surface area contributed by atoms with Crippen LogP contribution in [0, 0.1) is 10.1 Å². The van der Waals surface area contributed by atoms with Crippen molar-refractivity contribution in [3.05, 3.63) is 33.4 Å². The Kier molecular flexibility index (Phi) is 3.76. The molecule has 90 valence electrons. The summed E-state index contributed by atoms with van der Waals surface area (Å²) in [7, 11) is 2.41. The van der Waals surface area contributed by atoms with E-state index in [1.165, 1.54) is 13.2 Å². The molecular weight excluding hydrogens is 230 g/mol. The Hall–Kier alpha value is -2.44. The molecule has 1 aromatic rings. The van der Waals surface area contributed by atoms with Crippen molar-refractivity contribution in [3.63, 3.8) is 0 Å². The average Bonchev–Trinajstić information content (AvgIpc) is 2.35. The predicted molar refractivity (Wildman–Crippen MR) is 56.4 cm³/mol. The van der Waals surface area contributed by atoms with Gasteiger partial charge in [-0.15, -0.1) is 0 Å². The highest BCUT2D eigenvalue weighted by Gasteiger charge is 2.24. The lowest BCUT2D eigenvalue weighted by molar-refractivity contribution is -0.385. The third-order valence-corrected chi connectivity index (χ3v) is 2.09. The van der Waals surface area contributed by atoms with Gasteiger partial charge in [0.25, 0.3) is 5.69 Å². The molecule has 0 amide bonds. The summed E-state index contributed by atoms with van der Waals surface area (Å²) in [6, 6.07) is 2.28. The lowest BCUT2D eigenvalue weighted by Gasteiger charge is -2.06. The van der Waals surface area contributed by atoms with Gasteiger partial charge in [-0.1, -0.05) is 0 Å². The summed E-state index contributed by atoms with van der Waals surface area (Å²) >= 11 is 0. The molecule has 0 saturated heterocycles. The summed E-state index contributed by atoms with van der Waals surface area (Å²) < 4.78 is 9.25. The second-order valence-electron chi connectivity index (χ2n) is 2.97. The van der Waals surface area contributed by atoms with E-state index in [0.29, 0.717) is 0 Å². The van der Waals surface area contributed by atoms with Crippen molar-refractivity contribution in [1.82, 2.24) is 0 Å². The third-order valence-electron chi connectivity index (χ3n) is 2.09. The van der Waals surface area contributed by atoms with Crippen LogP contribution in [0.3, 0.4) is 0 Å². The number of methoxy groups -OCH3 is 2. The number of hydrogen-bond donors (Lipinski definition) is 0. The second-order valence-corrected chi connectivity index (χ2v) is 2.97. The van der Waals surface area contributed by atoms with Crippen LogP contribution in [-0.4, -0.2) is 31.4 Å². The Bertz CT molecular complexity index is 482. The minimum atomic E-state index is -0.839. The van der Waals surface area contributed by atoms with E-state index >= 15 is 0 Å². The smallest absolute Gasteiger partial charge is 0.338 e. The van der Waals surface area contributed by atoms with Crippen LogP contribution in [-0.2, 0) is 4.74 Å². The highest BCUT2D eigenvalue weighted by molar-refractivity contribution is 6.01. The van der Waals surface area contributed by atoms with Crippen LogP contribution in [0.4, 0.5) is 5.69 Å². The number of hydrogen-bond acceptors (Lipinski definition) is 6. The SMILES string of the molecule is COC(=O)c1cc(OC)cc([N+](=O)[O-])c1C=O. The zero-order chi connectivity index (χ0) is 13.0. The highest BCUT2D eigenvalue weighted by atomic mass is 16.6. The van der Waals surface area contributed by atoms with Gasteiger partial charge in [-0.3, -0.25) is 14.9 Å². The Morgan fingerprint density at radius 2 is 2.06 bits per heavy atom. The molecule has 0 fully saturated rings. The van der Waals surface area contributed by atoms with Crippen LogP contribution in [0.25, 0.3) is 0 Å². The number of carbonyl (C=O) groups excluding carboxylic acids is 2. The van der Waals surface area contributed by atoms with Crippen molar-refractivity contribution in [2.45, 2.75) is 0 Å². The van der Waals surface area contributed by atoms with Gasteiger partial charge >= 0.3 is 5.97 Å². The van der Waals surface area contributed by atoms with Crippen molar-refractivity contribution in [1.29, 1.82) is 0 Å². The Morgan fingerprint density at radius 3 is 2.47 bits per heavy atom. The molecule has 1 aromatic carbocycles. The lowest BCUT2D eigenvalue weighted by atomic mass is 10.1. The Morgan fingerprint density at radius 1 is 1.41 bits per heavy atom. The first-order chi connectivity index (χ1) is 8.04. The van der Waals surface area contributed by atoms with Gasteiger partial charge in [-0.2, -0.15) is 0 Å². The normalized spacial score (nSPS) is 9.53. The highest BCUT2D eigenvalue weighted by Crippen LogP contribution is 2.27. The summed E-state index contributed by atoms with van der Waals surface area (Å²) in [5.74, 6) is -0.739. The number of esters is 1. The minimum Gasteiger partial charge on any atom is -0.496 e. The van der Waals surface area contributed by atoms with E-state index in [9.17, 15) is 19.7 Å². The van der Waals surface area contributed by atoms with Gasteiger partial charge < -0.3 is 9.47 Å². The molecule has 0 bridgehead atoms. The fourth-order valence-corrected chi connectivity index (χ4v) is 1.28. The van der Waals surface area contributed by atoms with Crippen LogP contribution >= 0.6 is 0 Å². The number of benzene rings is 1. The number of nitrogens with zero attached hydrogens (tertiary/aromatic N) is 1. The summed E-state index contributed by atoms with van der Waals surface area (Å²) in [4.78, 5) is 32.2. The summed E-state index contributed by atoms with van der Waals surface area (Å²) in [6.07, 6.45) is 0.240. The first kappa shape index (κ1) is 12.6. The zero-order valence-electron chi connectivity index (χ0n) is 9.13. The number of rotatable bonds is 4. The van der Waals surface area contributed by atoms with Crippen LogP contribution in [0.5, 0.6) is 5.75 Å². The van der Waals surface area contributed by atoms with E-state index in [1.54, 1.807) is 0 Å². The van der Waals surface area contributed by atoms with E-state index in [4.69, 9.17) is 4.74 Å². The molecule has 0 N–H and O–H groups in total. The molecule has 7 nitrogen and oxygen atoms in total. The molecule has 0 spiro atoms. The molecule has 0 saturated carbocycles. The molecule has 0 heterocycles. The van der Waals surface area contributed by atoms with Gasteiger partial charge in [-0.05, 0) is 6.07 Å². The first-order valence-corrected chi connectivity index (χ1v) is 4.45. The number of carbonyl (C=O) groups is 2. The number of ether oxygens (including phenoxy) is 2. The number of nitro benzene ring substituents is 1. The van der Waals surface area contributed by atoms with Crippen LogP contribution < -0.4 is 4.74 Å². The zero-order valence-corrected chi connectivity index (χ0v) is 9.13. The van der Waals surface area contributed by atoms with Gasteiger partial charge in [-0.25, -0.2) is 4.79 Å². The van der Waals surface area contributed by atoms with Gasteiger partial charge in [0.15, 0.2) is 6.29 Å². The molecule has 7 heteroatoms. The molecule has 0 radical (unpaired) electrons. The maximum atomic E-state index is 11.4. The Balaban J connectivity index is 3.55. The average molecular weight is 239 g/mol. The summed E-state index contributed by atoms with van der Waals surface area (Å²) in [5.41, 5.74) is -1.03. The lowest BCUT2D eigenvalue weighted by Crippen LogP contribution is -2.08. The maximum absolute atomic E-state index is 11.4. The fourth-order valence-electron chi connectivity index (χ4n) is 1.28. The number of aldehydes is 1. The van der Waals surface area contributed by atoms with Crippen molar-refractivity contribution < 1.29 is 24.0 Å². The van der Waals surface area contributed by atoms with Gasteiger partial charge in [0.05, 0.1) is 30.8 Å². The van der Waals surface area contributed by atoms with Gasteiger partial charge in [0, 0.05) is 0 Å². The first-order valence-electron chi connectivity index (χ1n) is 4.45. The molecule has 0 aliphatic heterocycles. The van der Waals surface area contributed by atoms with Gasteiger partial charge in [0.2, 0.25) is 0 Å². The molecule has 0 aromatic heterocycles. The quantitative estimate of drug-likeness (QED) is 0.339. The van der Waals surface area contributed by atoms with Crippen LogP contribution in [0.1, 0.15) is 20.7 Å². The minimum absolute atomic E-state index is 0.0997. The van der Waals surface area contributed by atoms with Crippen LogP contribution in [0.15, 0.2) is 12.1 Å². The third kappa shape index (κ3) is 2.39. The van der Waals surface area contributed by atoms with E-state index < -0.39 is 16.6 Å². The maximum Gasteiger partial charge on any atom is 0.338 e. The van der Waals surface area contributed by atoms with E-state index in [-0.39, 0.29) is 23.2 Å². The largest absolute Gasteiger partial charge is 0.496 e. The van der Waals surface area contributed by atoms with Crippen molar-refractivity contribution in [2.75, 3.05) is 14.2 Å². The monoisotopic (exact) mass is 239 g/mol. The predicted octanol–water partition coefficient (Wildman–Crippen LogP) is 1.20. The topological polar surface area (TPSA) is 95.7 Å². The summed E-state index contributed by atoms with van der Waals surface area (Å²) in [5, 5.41) is 10.8. The molecule has 1 rings (SSSR count). The van der Waals surface area contributed by atoms with Crippen molar-refractivity contribution in [2.24, 2.45) is 0 Å². The Labute approximate surface area is 96.1 Å². The number of nitro groups is 1. The molecule has 0 aliphatic carbocycles. The standard InChI is InChI=1S/C10H9NO6/c1-16-6-3-7(10(13)17-2)8(5-12)9(4-6)11(14)15/h3-5H,1-2H3. The van der Waals surface area contributed by atoms with E-state index in [0.717, 1.165) is 13.2 Å².